The van der Waals surface area contributed by atoms with Gasteiger partial charge < -0.3 is 10.1 Å². The van der Waals surface area contributed by atoms with Gasteiger partial charge in [-0.3, -0.25) is 4.79 Å². The lowest BCUT2D eigenvalue weighted by atomic mass is 10.1. The molecule has 2 aromatic carbocycles. The summed E-state index contributed by atoms with van der Waals surface area (Å²) < 4.78 is 29.7. The van der Waals surface area contributed by atoms with Gasteiger partial charge in [0.05, 0.1) is 6.61 Å². The highest BCUT2D eigenvalue weighted by Gasteiger charge is 2.09. The average Bonchev–Trinajstić information content (AvgIpc) is 2.54. The highest BCUT2D eigenvalue weighted by molar-refractivity contribution is 7.99. The predicted octanol–water partition coefficient (Wildman–Crippen LogP) is 4.08. The third kappa shape index (κ3) is 5.33. The van der Waals surface area contributed by atoms with Gasteiger partial charge in [-0.05, 0) is 35.4 Å². The SMILES string of the molecule is COCc1ccccc1CNC(=O)c1ccc(SC(F)F)cc1. The minimum absolute atomic E-state index is 0.245. The zero-order chi connectivity index (χ0) is 16.7. The molecule has 0 spiro atoms. The van der Waals surface area contributed by atoms with E-state index in [1.165, 1.54) is 12.1 Å². The number of hydrogen-bond donors (Lipinski definition) is 1. The second kappa shape index (κ2) is 8.64. The first kappa shape index (κ1) is 17.4. The van der Waals surface area contributed by atoms with Crippen LogP contribution in [0.15, 0.2) is 53.4 Å². The summed E-state index contributed by atoms with van der Waals surface area (Å²) in [5.74, 6) is -2.71. The molecule has 0 saturated heterocycles. The van der Waals surface area contributed by atoms with E-state index in [4.69, 9.17) is 4.74 Å². The van der Waals surface area contributed by atoms with Crippen molar-refractivity contribution in [2.45, 2.75) is 23.8 Å². The van der Waals surface area contributed by atoms with Crippen molar-refractivity contribution in [1.29, 1.82) is 0 Å². The monoisotopic (exact) mass is 337 g/mol. The minimum atomic E-state index is -2.47. The maximum Gasteiger partial charge on any atom is 0.288 e. The molecular formula is C17H17F2NO2S. The van der Waals surface area contributed by atoms with Crippen LogP contribution in [0.1, 0.15) is 21.5 Å². The number of thioether (sulfide) groups is 1. The Morgan fingerprint density at radius 3 is 2.39 bits per heavy atom. The van der Waals surface area contributed by atoms with Crippen LogP contribution in [0.3, 0.4) is 0 Å². The van der Waals surface area contributed by atoms with Crippen molar-refractivity contribution >= 4 is 17.7 Å². The number of carbonyl (C=O) groups is 1. The van der Waals surface area contributed by atoms with Crippen molar-refractivity contribution in [1.82, 2.24) is 5.32 Å². The van der Waals surface area contributed by atoms with E-state index in [0.717, 1.165) is 11.1 Å². The van der Waals surface area contributed by atoms with Crippen molar-refractivity contribution in [3.8, 4) is 0 Å². The molecule has 3 nitrogen and oxygen atoms in total. The number of nitrogens with one attached hydrogen (secondary N) is 1. The highest BCUT2D eigenvalue weighted by atomic mass is 32.2. The Morgan fingerprint density at radius 1 is 1.13 bits per heavy atom. The summed E-state index contributed by atoms with van der Waals surface area (Å²) in [4.78, 5) is 12.6. The molecule has 2 aromatic rings. The van der Waals surface area contributed by atoms with Gasteiger partial charge in [-0.2, -0.15) is 8.78 Å². The molecule has 0 aromatic heterocycles. The molecule has 0 bridgehead atoms. The van der Waals surface area contributed by atoms with Gasteiger partial charge in [-0.15, -0.1) is 0 Å². The standard InChI is InChI=1S/C17H17F2NO2S/c1-22-11-14-5-3-2-4-13(14)10-20-16(21)12-6-8-15(9-7-12)23-17(18)19/h2-9,17H,10-11H2,1H3,(H,20,21). The molecule has 0 aliphatic heterocycles. The Labute approximate surface area is 138 Å². The van der Waals surface area contributed by atoms with Crippen molar-refractivity contribution in [2.24, 2.45) is 0 Å². The molecular weight excluding hydrogens is 320 g/mol. The van der Waals surface area contributed by atoms with E-state index in [1.54, 1.807) is 19.2 Å². The minimum Gasteiger partial charge on any atom is -0.380 e. The van der Waals surface area contributed by atoms with Crippen LogP contribution in [0.4, 0.5) is 8.78 Å². The topological polar surface area (TPSA) is 38.3 Å². The lowest BCUT2D eigenvalue weighted by Gasteiger charge is -2.10. The molecule has 0 aliphatic carbocycles. The number of rotatable bonds is 7. The van der Waals surface area contributed by atoms with Gasteiger partial charge in [0.1, 0.15) is 0 Å². The lowest BCUT2D eigenvalue weighted by Crippen LogP contribution is -2.23. The quantitative estimate of drug-likeness (QED) is 0.774. The summed E-state index contributed by atoms with van der Waals surface area (Å²) in [5, 5.41) is 2.82. The Balaban J connectivity index is 1.97. The van der Waals surface area contributed by atoms with Crippen LogP contribution in [0.25, 0.3) is 0 Å². The third-order valence-corrected chi connectivity index (χ3v) is 3.92. The van der Waals surface area contributed by atoms with Crippen molar-refractivity contribution in [3.05, 3.63) is 65.2 Å². The summed E-state index contributed by atoms with van der Waals surface area (Å²) in [5.41, 5.74) is 2.43. The number of hydrogen-bond acceptors (Lipinski definition) is 3. The molecule has 1 amide bonds. The van der Waals surface area contributed by atoms with Gasteiger partial charge in [-0.1, -0.05) is 36.0 Å². The second-order valence-corrected chi connectivity index (χ2v) is 5.85. The van der Waals surface area contributed by atoms with Crippen molar-refractivity contribution in [2.75, 3.05) is 7.11 Å². The van der Waals surface area contributed by atoms with Crippen molar-refractivity contribution < 1.29 is 18.3 Å². The van der Waals surface area contributed by atoms with E-state index in [2.05, 4.69) is 5.32 Å². The molecule has 0 atom stereocenters. The molecule has 1 N–H and O–H groups in total. The largest absolute Gasteiger partial charge is 0.380 e. The first-order valence-electron chi connectivity index (χ1n) is 6.99. The van der Waals surface area contributed by atoms with Gasteiger partial charge in [0, 0.05) is 24.1 Å². The number of carbonyl (C=O) groups excluding carboxylic acids is 1. The van der Waals surface area contributed by atoms with E-state index in [1.807, 2.05) is 24.3 Å². The molecule has 23 heavy (non-hydrogen) atoms. The maximum atomic E-state index is 12.3. The molecule has 0 radical (unpaired) electrons. The Morgan fingerprint density at radius 2 is 1.78 bits per heavy atom. The van der Waals surface area contributed by atoms with E-state index >= 15 is 0 Å². The maximum absolute atomic E-state index is 12.3. The number of halogens is 2. The molecule has 6 heteroatoms. The fourth-order valence-corrected chi connectivity index (χ4v) is 2.59. The average molecular weight is 337 g/mol. The second-order valence-electron chi connectivity index (χ2n) is 4.79. The van der Waals surface area contributed by atoms with Crippen LogP contribution in [0.5, 0.6) is 0 Å². The molecule has 2 rings (SSSR count). The van der Waals surface area contributed by atoms with Crippen molar-refractivity contribution in [3.63, 3.8) is 0 Å². The van der Waals surface area contributed by atoms with Gasteiger partial charge in [0.2, 0.25) is 0 Å². The lowest BCUT2D eigenvalue weighted by molar-refractivity contribution is 0.0950. The summed E-state index contributed by atoms with van der Waals surface area (Å²) >= 11 is 0.458. The first-order chi connectivity index (χ1) is 11.1. The molecule has 0 unspecified atom stereocenters. The number of amides is 1. The smallest absolute Gasteiger partial charge is 0.288 e. The Bertz CT molecular complexity index is 647. The van der Waals surface area contributed by atoms with Gasteiger partial charge in [0.15, 0.2) is 0 Å². The Kier molecular flexibility index (Phi) is 6.55. The molecule has 0 fully saturated rings. The van der Waals surface area contributed by atoms with Crippen LogP contribution in [0, 0.1) is 0 Å². The molecule has 122 valence electrons. The Hall–Kier alpha value is -1.92. The van der Waals surface area contributed by atoms with E-state index in [9.17, 15) is 13.6 Å². The highest BCUT2D eigenvalue weighted by Crippen LogP contribution is 2.25. The van der Waals surface area contributed by atoms with Crippen LogP contribution < -0.4 is 5.32 Å². The van der Waals surface area contributed by atoms with Crippen LogP contribution in [-0.2, 0) is 17.9 Å². The zero-order valence-corrected chi connectivity index (χ0v) is 13.4. The predicted molar refractivity (Wildman–Crippen MR) is 86.6 cm³/mol. The first-order valence-corrected chi connectivity index (χ1v) is 7.87. The fourth-order valence-electron chi connectivity index (χ4n) is 2.09. The zero-order valence-electron chi connectivity index (χ0n) is 12.6. The van der Waals surface area contributed by atoms with E-state index < -0.39 is 5.76 Å². The van der Waals surface area contributed by atoms with Gasteiger partial charge >= 0.3 is 0 Å². The summed E-state index contributed by atoms with van der Waals surface area (Å²) in [6.45, 7) is 0.859. The van der Waals surface area contributed by atoms with Crippen LogP contribution in [0.2, 0.25) is 0 Å². The third-order valence-electron chi connectivity index (χ3n) is 3.20. The van der Waals surface area contributed by atoms with E-state index in [0.29, 0.717) is 35.4 Å². The number of alkyl halides is 2. The van der Waals surface area contributed by atoms with E-state index in [-0.39, 0.29) is 5.91 Å². The van der Waals surface area contributed by atoms with Crippen LogP contribution in [-0.4, -0.2) is 18.8 Å². The normalized spacial score (nSPS) is 10.8. The van der Waals surface area contributed by atoms with Gasteiger partial charge in [-0.25, -0.2) is 0 Å². The fraction of sp³-hybridized carbons (Fsp3) is 0.235. The van der Waals surface area contributed by atoms with Gasteiger partial charge in [0.25, 0.3) is 11.7 Å². The molecule has 0 saturated carbocycles. The summed E-state index contributed by atoms with van der Waals surface area (Å²) in [6.07, 6.45) is 0. The number of methoxy groups -OCH3 is 1. The number of benzene rings is 2. The number of ether oxygens (including phenoxy) is 1. The van der Waals surface area contributed by atoms with Crippen LogP contribution >= 0.6 is 11.8 Å². The molecule has 0 aliphatic rings. The summed E-state index contributed by atoms with van der Waals surface area (Å²) in [7, 11) is 1.62. The molecule has 0 heterocycles. The summed E-state index contributed by atoms with van der Waals surface area (Å²) in [6, 6.07) is 13.8.